The Morgan fingerprint density at radius 1 is 0.903 bits per heavy atom. The molecule has 0 saturated heterocycles. The fourth-order valence-corrected chi connectivity index (χ4v) is 3.95. The van der Waals surface area contributed by atoms with Crippen molar-refractivity contribution in [1.29, 1.82) is 0 Å². The van der Waals surface area contributed by atoms with E-state index in [2.05, 4.69) is 20.3 Å². The van der Waals surface area contributed by atoms with E-state index in [9.17, 15) is 16.8 Å². The number of aromatic nitrogens is 3. The van der Waals surface area contributed by atoms with E-state index in [0.29, 0.717) is 30.3 Å². The monoisotopic (exact) mass is 461 g/mol. The molecular weight excluding hydrogens is 438 g/mol. The predicted molar refractivity (Wildman–Crippen MR) is 120 cm³/mol. The van der Waals surface area contributed by atoms with Crippen LogP contribution in [0.15, 0.2) is 59.8 Å². The van der Waals surface area contributed by atoms with E-state index < -0.39 is 19.9 Å². The smallest absolute Gasteiger partial charge is 0.233 e. The summed E-state index contributed by atoms with van der Waals surface area (Å²) in [6.45, 7) is 0. The van der Waals surface area contributed by atoms with Crippen LogP contribution in [0.4, 0.5) is 17.5 Å². The van der Waals surface area contributed by atoms with Crippen LogP contribution in [0.2, 0.25) is 0 Å². The van der Waals surface area contributed by atoms with E-state index >= 15 is 0 Å². The van der Waals surface area contributed by atoms with Gasteiger partial charge in [-0.3, -0.25) is 4.31 Å². The van der Waals surface area contributed by atoms with Crippen molar-refractivity contribution in [3.05, 3.63) is 66.1 Å². The maximum Gasteiger partial charge on any atom is 0.233 e. The van der Waals surface area contributed by atoms with Gasteiger partial charge >= 0.3 is 0 Å². The Hall–Kier alpha value is -3.05. The highest BCUT2D eigenvalue weighted by Crippen LogP contribution is 2.21. The molecule has 2 heterocycles. The SMILES string of the molecule is CN(c1ncccc1CCc1ccnc(Nc2ccc(S(C)(=O)=O)cc2)n1)S(C)(=O)=O. The minimum atomic E-state index is -3.42. The average Bonchev–Trinajstić information content (AvgIpc) is 2.71. The molecule has 3 rings (SSSR count). The number of sulfonamides is 1. The van der Waals surface area contributed by atoms with Crippen molar-refractivity contribution in [2.45, 2.75) is 17.7 Å². The van der Waals surface area contributed by atoms with Crippen molar-refractivity contribution in [2.75, 3.05) is 29.2 Å². The van der Waals surface area contributed by atoms with Crippen molar-refractivity contribution in [1.82, 2.24) is 15.0 Å². The Kier molecular flexibility index (Phi) is 6.56. The van der Waals surface area contributed by atoms with E-state index in [4.69, 9.17) is 0 Å². The zero-order valence-corrected chi connectivity index (χ0v) is 19.0. The van der Waals surface area contributed by atoms with Gasteiger partial charge in [-0.05, 0) is 54.8 Å². The van der Waals surface area contributed by atoms with Crippen LogP contribution in [0.5, 0.6) is 0 Å². The van der Waals surface area contributed by atoms with Crippen LogP contribution < -0.4 is 9.62 Å². The van der Waals surface area contributed by atoms with Gasteiger partial charge in [-0.2, -0.15) is 0 Å². The predicted octanol–water partition coefficient (Wildman–Crippen LogP) is 2.20. The molecule has 0 bridgehead atoms. The van der Waals surface area contributed by atoms with Crippen LogP contribution >= 0.6 is 0 Å². The third kappa shape index (κ3) is 5.98. The number of anilines is 3. The van der Waals surface area contributed by atoms with E-state index in [0.717, 1.165) is 28.1 Å². The number of benzene rings is 1. The molecule has 9 nitrogen and oxygen atoms in total. The van der Waals surface area contributed by atoms with E-state index in [1.807, 2.05) is 6.07 Å². The second-order valence-electron chi connectivity index (χ2n) is 7.01. The van der Waals surface area contributed by atoms with Gasteiger partial charge in [0.05, 0.1) is 11.2 Å². The first-order valence-corrected chi connectivity index (χ1v) is 13.0. The third-order valence-electron chi connectivity index (χ3n) is 4.57. The normalized spacial score (nSPS) is 11.8. The third-order valence-corrected chi connectivity index (χ3v) is 6.86. The molecule has 1 aromatic carbocycles. The molecule has 2 aromatic heterocycles. The van der Waals surface area contributed by atoms with Gasteiger partial charge in [-0.1, -0.05) is 6.07 Å². The van der Waals surface area contributed by atoms with E-state index in [1.54, 1.807) is 36.7 Å². The van der Waals surface area contributed by atoms with E-state index in [-0.39, 0.29) is 4.90 Å². The van der Waals surface area contributed by atoms with Crippen molar-refractivity contribution in [3.63, 3.8) is 0 Å². The molecule has 0 aliphatic rings. The number of aryl methyl sites for hydroxylation is 2. The molecule has 0 fully saturated rings. The lowest BCUT2D eigenvalue weighted by atomic mass is 10.1. The average molecular weight is 462 g/mol. The van der Waals surface area contributed by atoms with Crippen LogP contribution in [0.3, 0.4) is 0 Å². The molecule has 164 valence electrons. The lowest BCUT2D eigenvalue weighted by Crippen LogP contribution is -2.27. The van der Waals surface area contributed by atoms with Gasteiger partial charge in [0.15, 0.2) is 9.84 Å². The summed E-state index contributed by atoms with van der Waals surface area (Å²) in [5.41, 5.74) is 2.22. The molecule has 1 N–H and O–H groups in total. The van der Waals surface area contributed by atoms with Gasteiger partial charge in [0.2, 0.25) is 16.0 Å². The number of rotatable bonds is 8. The van der Waals surface area contributed by atoms with Gasteiger partial charge in [0.1, 0.15) is 5.82 Å². The van der Waals surface area contributed by atoms with E-state index in [1.165, 1.54) is 19.2 Å². The highest BCUT2D eigenvalue weighted by atomic mass is 32.2. The topological polar surface area (TPSA) is 122 Å². The maximum absolute atomic E-state index is 11.9. The summed E-state index contributed by atoms with van der Waals surface area (Å²) in [6, 6.07) is 11.7. The van der Waals surface area contributed by atoms with Crippen molar-refractivity contribution in [3.8, 4) is 0 Å². The molecular formula is C20H23N5O4S2. The Morgan fingerprint density at radius 3 is 2.26 bits per heavy atom. The van der Waals surface area contributed by atoms with Crippen LogP contribution in [0.25, 0.3) is 0 Å². The molecule has 0 aliphatic heterocycles. The summed E-state index contributed by atoms with van der Waals surface area (Å²) >= 11 is 0. The Morgan fingerprint density at radius 2 is 1.61 bits per heavy atom. The largest absolute Gasteiger partial charge is 0.324 e. The second kappa shape index (κ2) is 8.98. The molecule has 31 heavy (non-hydrogen) atoms. The van der Waals surface area contributed by atoms with Crippen LogP contribution in [-0.2, 0) is 32.7 Å². The first kappa shape index (κ1) is 22.6. The molecule has 0 atom stereocenters. The molecule has 0 unspecified atom stereocenters. The van der Waals surface area contributed by atoms with Gasteiger partial charge < -0.3 is 5.32 Å². The Balaban J connectivity index is 1.72. The van der Waals surface area contributed by atoms with Gasteiger partial charge in [0.25, 0.3) is 0 Å². The summed E-state index contributed by atoms with van der Waals surface area (Å²) in [6.07, 6.45) is 6.58. The second-order valence-corrected chi connectivity index (χ2v) is 11.0. The first-order valence-electron chi connectivity index (χ1n) is 9.31. The summed E-state index contributed by atoms with van der Waals surface area (Å²) in [4.78, 5) is 13.1. The Labute approximate surface area is 182 Å². The zero-order valence-electron chi connectivity index (χ0n) is 17.3. The molecule has 0 aliphatic carbocycles. The molecule has 0 radical (unpaired) electrons. The maximum atomic E-state index is 11.9. The van der Waals surface area contributed by atoms with Crippen molar-refractivity contribution >= 4 is 37.3 Å². The number of hydrogen-bond donors (Lipinski definition) is 1. The summed E-state index contributed by atoms with van der Waals surface area (Å²) in [5.74, 6) is 0.771. The number of hydrogen-bond acceptors (Lipinski definition) is 8. The van der Waals surface area contributed by atoms with Crippen LogP contribution in [0, 0.1) is 0 Å². The molecule has 0 saturated carbocycles. The quantitative estimate of drug-likeness (QED) is 0.542. The van der Waals surface area contributed by atoms with Crippen LogP contribution in [-0.4, -0.2) is 51.3 Å². The first-order chi connectivity index (χ1) is 14.5. The minimum Gasteiger partial charge on any atom is -0.324 e. The van der Waals surface area contributed by atoms with Crippen molar-refractivity contribution in [2.24, 2.45) is 0 Å². The number of nitrogens with zero attached hydrogens (tertiary/aromatic N) is 4. The number of nitrogens with one attached hydrogen (secondary N) is 1. The Bertz CT molecular complexity index is 1280. The molecule has 0 amide bonds. The summed E-state index contributed by atoms with van der Waals surface area (Å²) in [5, 5.41) is 3.05. The van der Waals surface area contributed by atoms with Gasteiger partial charge in [-0.15, -0.1) is 0 Å². The van der Waals surface area contributed by atoms with Gasteiger partial charge in [-0.25, -0.2) is 31.8 Å². The molecule has 0 spiro atoms. The standard InChI is InChI=1S/C20H23N5O4S2/c1-25(31(3,28)29)19-15(5-4-13-21-19)6-7-17-12-14-22-20(24-17)23-16-8-10-18(11-9-16)30(2,26)27/h4-5,8-14H,6-7H2,1-3H3,(H,22,23,24). The lowest BCUT2D eigenvalue weighted by Gasteiger charge is -2.18. The molecule has 3 aromatic rings. The number of sulfone groups is 1. The zero-order chi connectivity index (χ0) is 22.6. The van der Waals surface area contributed by atoms with Crippen molar-refractivity contribution < 1.29 is 16.8 Å². The lowest BCUT2D eigenvalue weighted by molar-refractivity contribution is 0.598. The fourth-order valence-electron chi connectivity index (χ4n) is 2.84. The molecule has 11 heteroatoms. The minimum absolute atomic E-state index is 0.235. The summed E-state index contributed by atoms with van der Waals surface area (Å²) in [7, 11) is -5.20. The van der Waals surface area contributed by atoms with Gasteiger partial charge in [0, 0.05) is 37.1 Å². The highest BCUT2D eigenvalue weighted by molar-refractivity contribution is 7.92. The highest BCUT2D eigenvalue weighted by Gasteiger charge is 2.17. The summed E-state index contributed by atoms with van der Waals surface area (Å²) < 4.78 is 48.1. The fraction of sp³-hybridized carbons (Fsp3) is 0.250. The van der Waals surface area contributed by atoms with Crippen LogP contribution in [0.1, 0.15) is 11.3 Å². The number of pyridine rings is 1.